The first-order chi connectivity index (χ1) is 9.91. The lowest BCUT2D eigenvalue weighted by molar-refractivity contribution is -0.146. The van der Waals surface area contributed by atoms with Gasteiger partial charge in [0.05, 0.1) is 11.1 Å². The van der Waals surface area contributed by atoms with Crippen LogP contribution in [0.25, 0.3) is 0 Å². The maximum atomic E-state index is 12.8. The van der Waals surface area contributed by atoms with Gasteiger partial charge in [0.2, 0.25) is 6.41 Å². The number of alkyl halides is 6. The predicted molar refractivity (Wildman–Crippen MR) is 63.5 cm³/mol. The number of halogens is 6. The number of benzene rings is 1. The van der Waals surface area contributed by atoms with E-state index in [9.17, 15) is 31.4 Å². The molecule has 1 unspecified atom stereocenters. The van der Waals surface area contributed by atoms with Crippen molar-refractivity contribution in [2.24, 2.45) is 0 Å². The monoisotopic (exact) mass is 329 g/mol. The second kappa shape index (κ2) is 5.39. The highest BCUT2D eigenvalue weighted by Gasteiger charge is 2.41. The summed E-state index contributed by atoms with van der Waals surface area (Å²) in [4.78, 5) is 1.30. The van der Waals surface area contributed by atoms with Crippen LogP contribution in [0.1, 0.15) is 29.7 Å². The summed E-state index contributed by atoms with van der Waals surface area (Å²) in [5.41, 5.74) is -3.09. The van der Waals surface area contributed by atoms with Crippen molar-refractivity contribution < 1.29 is 36.2 Å². The molecule has 3 nitrogen and oxygen atoms in total. The van der Waals surface area contributed by atoms with Crippen molar-refractivity contribution in [2.45, 2.75) is 37.8 Å². The molecule has 1 N–H and O–H groups in total. The third-order valence-electron chi connectivity index (χ3n) is 3.64. The standard InChI is InChI=1S/C13H13F6NO2/c1-6-10(22-11(21)20(6)2)7-3-8(12(14,15)16)5-9(4-7)13(17,18)19/h3-6,10-11,21H,1-2H3/t6-,10+,11?/m1/s1. The number of hydrogen-bond donors (Lipinski definition) is 1. The molecule has 1 aliphatic heterocycles. The molecule has 1 aromatic carbocycles. The van der Waals surface area contributed by atoms with Crippen LogP contribution < -0.4 is 0 Å². The highest BCUT2D eigenvalue weighted by atomic mass is 19.4. The van der Waals surface area contributed by atoms with E-state index in [4.69, 9.17) is 4.74 Å². The quantitative estimate of drug-likeness (QED) is 0.802. The highest BCUT2D eigenvalue weighted by Crippen LogP contribution is 2.40. The summed E-state index contributed by atoms with van der Waals surface area (Å²) in [6.07, 6.45) is -12.3. The number of aliphatic hydroxyl groups excluding tert-OH is 1. The molecule has 9 heteroatoms. The molecule has 0 aromatic heterocycles. The molecule has 0 bridgehead atoms. The van der Waals surface area contributed by atoms with Gasteiger partial charge in [-0.25, -0.2) is 0 Å². The second-order valence-electron chi connectivity index (χ2n) is 5.13. The smallest absolute Gasteiger partial charge is 0.356 e. The summed E-state index contributed by atoms with van der Waals surface area (Å²) < 4.78 is 81.9. The maximum Gasteiger partial charge on any atom is 0.416 e. The Bertz CT molecular complexity index is 524. The molecule has 0 radical (unpaired) electrons. The number of ether oxygens (including phenoxy) is 1. The van der Waals surface area contributed by atoms with Crippen molar-refractivity contribution in [3.63, 3.8) is 0 Å². The number of rotatable bonds is 1. The Hall–Kier alpha value is -1.32. The molecule has 2 rings (SSSR count). The molecule has 1 saturated heterocycles. The van der Waals surface area contributed by atoms with Crippen LogP contribution in [0, 0.1) is 0 Å². The minimum Gasteiger partial charge on any atom is -0.356 e. The van der Waals surface area contributed by atoms with Gasteiger partial charge in [-0.15, -0.1) is 0 Å². The normalized spacial score (nSPS) is 27.4. The first-order valence-corrected chi connectivity index (χ1v) is 6.26. The summed E-state index contributed by atoms with van der Waals surface area (Å²) in [6.45, 7) is 1.54. The van der Waals surface area contributed by atoms with Gasteiger partial charge < -0.3 is 9.84 Å². The van der Waals surface area contributed by atoms with Crippen molar-refractivity contribution >= 4 is 0 Å². The molecule has 0 aliphatic carbocycles. The maximum absolute atomic E-state index is 12.8. The van der Waals surface area contributed by atoms with E-state index in [1.54, 1.807) is 0 Å². The van der Waals surface area contributed by atoms with Crippen molar-refractivity contribution in [1.82, 2.24) is 4.90 Å². The Morgan fingerprint density at radius 1 is 1.00 bits per heavy atom. The first-order valence-electron chi connectivity index (χ1n) is 6.26. The lowest BCUT2D eigenvalue weighted by Crippen LogP contribution is -2.31. The van der Waals surface area contributed by atoms with Crippen LogP contribution in [-0.4, -0.2) is 29.5 Å². The molecule has 1 aliphatic rings. The fourth-order valence-electron chi connectivity index (χ4n) is 2.26. The van der Waals surface area contributed by atoms with Crippen molar-refractivity contribution in [2.75, 3.05) is 7.05 Å². The van der Waals surface area contributed by atoms with Gasteiger partial charge in [-0.3, -0.25) is 4.90 Å². The van der Waals surface area contributed by atoms with E-state index in [1.807, 2.05) is 0 Å². The van der Waals surface area contributed by atoms with Gasteiger partial charge in [0.15, 0.2) is 0 Å². The largest absolute Gasteiger partial charge is 0.416 e. The highest BCUT2D eigenvalue weighted by molar-refractivity contribution is 5.35. The van der Waals surface area contributed by atoms with Crippen LogP contribution in [0.4, 0.5) is 26.3 Å². The average Bonchev–Trinajstić information content (AvgIpc) is 2.64. The Labute approximate surface area is 122 Å². The summed E-state index contributed by atoms with van der Waals surface area (Å²) in [6, 6.07) is 0.702. The summed E-state index contributed by atoms with van der Waals surface area (Å²) in [5, 5.41) is 9.52. The lowest BCUT2D eigenvalue weighted by atomic mass is 9.97. The zero-order valence-corrected chi connectivity index (χ0v) is 11.5. The Balaban J connectivity index is 2.52. The van der Waals surface area contributed by atoms with E-state index in [2.05, 4.69) is 0 Å². The SMILES string of the molecule is C[C@@H]1[C@@H](c2cc(C(F)(F)F)cc(C(F)(F)F)c2)OC(O)N1C. The number of nitrogens with zero attached hydrogens (tertiary/aromatic N) is 1. The molecule has 124 valence electrons. The van der Waals surface area contributed by atoms with Crippen LogP contribution in [0.2, 0.25) is 0 Å². The molecule has 1 heterocycles. The Morgan fingerprint density at radius 3 is 1.77 bits per heavy atom. The zero-order valence-electron chi connectivity index (χ0n) is 11.5. The molecule has 0 spiro atoms. The molecule has 0 saturated carbocycles. The summed E-state index contributed by atoms with van der Waals surface area (Å²) in [5.74, 6) is 0. The molecular weight excluding hydrogens is 316 g/mol. The minimum atomic E-state index is -4.91. The van der Waals surface area contributed by atoms with Gasteiger partial charge >= 0.3 is 12.4 Å². The molecule has 3 atom stereocenters. The minimum absolute atomic E-state index is 0.0588. The summed E-state index contributed by atoms with van der Waals surface area (Å²) >= 11 is 0. The van der Waals surface area contributed by atoms with Gasteiger partial charge in [-0.2, -0.15) is 26.3 Å². The second-order valence-corrected chi connectivity index (χ2v) is 5.13. The van der Waals surface area contributed by atoms with E-state index >= 15 is 0 Å². The van der Waals surface area contributed by atoms with Crippen molar-refractivity contribution in [1.29, 1.82) is 0 Å². The van der Waals surface area contributed by atoms with Gasteiger partial charge in [0.1, 0.15) is 6.10 Å². The zero-order chi connectivity index (χ0) is 16.9. The van der Waals surface area contributed by atoms with E-state index in [0.29, 0.717) is 12.1 Å². The van der Waals surface area contributed by atoms with E-state index < -0.39 is 42.0 Å². The van der Waals surface area contributed by atoms with E-state index in [1.165, 1.54) is 18.9 Å². The van der Waals surface area contributed by atoms with E-state index in [0.717, 1.165) is 0 Å². The number of aliphatic hydroxyl groups is 1. The summed E-state index contributed by atoms with van der Waals surface area (Å²) in [7, 11) is 1.45. The average molecular weight is 329 g/mol. The third kappa shape index (κ3) is 3.21. The van der Waals surface area contributed by atoms with Crippen LogP contribution in [-0.2, 0) is 17.1 Å². The van der Waals surface area contributed by atoms with Crippen LogP contribution >= 0.6 is 0 Å². The van der Waals surface area contributed by atoms with Gasteiger partial charge in [0, 0.05) is 6.04 Å². The fourth-order valence-corrected chi connectivity index (χ4v) is 2.26. The van der Waals surface area contributed by atoms with Gasteiger partial charge in [-0.1, -0.05) is 0 Å². The van der Waals surface area contributed by atoms with Crippen LogP contribution in [0.15, 0.2) is 18.2 Å². The van der Waals surface area contributed by atoms with E-state index in [-0.39, 0.29) is 11.6 Å². The molecular formula is C13H13F6NO2. The topological polar surface area (TPSA) is 32.7 Å². The molecule has 1 aromatic rings. The van der Waals surface area contributed by atoms with Gasteiger partial charge in [0.25, 0.3) is 0 Å². The lowest BCUT2D eigenvalue weighted by Gasteiger charge is -2.20. The number of likely N-dealkylation sites (N-methyl/N-ethyl adjacent to an activating group) is 1. The predicted octanol–water partition coefficient (Wildman–Crippen LogP) is 3.39. The Kier molecular flexibility index (Phi) is 4.18. The van der Waals surface area contributed by atoms with Crippen LogP contribution in [0.5, 0.6) is 0 Å². The molecule has 0 amide bonds. The third-order valence-corrected chi connectivity index (χ3v) is 3.64. The fraction of sp³-hybridized carbons (Fsp3) is 0.538. The van der Waals surface area contributed by atoms with Crippen molar-refractivity contribution in [3.05, 3.63) is 34.9 Å². The Morgan fingerprint density at radius 2 is 1.45 bits per heavy atom. The molecule has 22 heavy (non-hydrogen) atoms. The van der Waals surface area contributed by atoms with Crippen molar-refractivity contribution in [3.8, 4) is 0 Å². The number of hydrogen-bond acceptors (Lipinski definition) is 3. The van der Waals surface area contributed by atoms with Crippen LogP contribution in [0.3, 0.4) is 0 Å². The first kappa shape index (κ1) is 17.0. The molecule has 1 fully saturated rings. The van der Waals surface area contributed by atoms with Gasteiger partial charge in [-0.05, 0) is 37.7 Å².